The Hall–Kier alpha value is -0.640. The number of hydrogen-bond donors (Lipinski definition) is 1. The molecule has 0 fully saturated rings. The minimum absolute atomic E-state index is 0.511. The van der Waals surface area contributed by atoms with Crippen LogP contribution < -0.4 is 0 Å². The molecule has 0 spiro atoms. The summed E-state index contributed by atoms with van der Waals surface area (Å²) >= 11 is 5.23. The van der Waals surface area contributed by atoms with E-state index in [2.05, 4.69) is 28.9 Å². The molecule has 0 amide bonds. The minimum Gasteiger partial charge on any atom is -0.383 e. The molecule has 1 aromatic heterocycles. The first-order valence-electron chi connectivity index (χ1n) is 6.23. The lowest BCUT2D eigenvalue weighted by Gasteiger charge is -2.07. The van der Waals surface area contributed by atoms with Gasteiger partial charge in [-0.25, -0.2) is 0 Å². The van der Waals surface area contributed by atoms with Gasteiger partial charge in [0.25, 0.3) is 0 Å². The van der Waals surface area contributed by atoms with Crippen molar-refractivity contribution in [3.8, 4) is 0 Å². The van der Waals surface area contributed by atoms with E-state index in [1.54, 1.807) is 11.3 Å². The first-order valence-corrected chi connectivity index (χ1v) is 7.84. The lowest BCUT2D eigenvalue weighted by atomic mass is 10.1. The van der Waals surface area contributed by atoms with E-state index in [4.69, 9.17) is 0 Å². The summed E-state index contributed by atoms with van der Waals surface area (Å²) < 4.78 is 1.15. The molecule has 18 heavy (non-hydrogen) atoms. The molecule has 0 bridgehead atoms. The summed E-state index contributed by atoms with van der Waals surface area (Å²) in [6.45, 7) is 2.19. The third-order valence-corrected chi connectivity index (χ3v) is 4.97. The number of thiophene rings is 1. The van der Waals surface area contributed by atoms with Crippen LogP contribution in [-0.2, 0) is 6.42 Å². The first kappa shape index (κ1) is 13.8. The number of halogens is 1. The Labute approximate surface area is 121 Å². The van der Waals surface area contributed by atoms with E-state index in [9.17, 15) is 5.11 Å². The second-order valence-electron chi connectivity index (χ2n) is 4.36. The van der Waals surface area contributed by atoms with Gasteiger partial charge in [-0.1, -0.05) is 43.7 Å². The van der Waals surface area contributed by atoms with Crippen molar-refractivity contribution in [2.45, 2.75) is 32.3 Å². The van der Waals surface area contributed by atoms with Crippen LogP contribution in [0.2, 0.25) is 0 Å². The number of hydrogen-bond acceptors (Lipinski definition) is 2. The molecule has 0 saturated heterocycles. The molecule has 1 N–H and O–H groups in total. The third-order valence-electron chi connectivity index (χ3n) is 2.96. The van der Waals surface area contributed by atoms with Crippen molar-refractivity contribution in [1.82, 2.24) is 0 Å². The molecule has 0 aliphatic carbocycles. The summed E-state index contributed by atoms with van der Waals surface area (Å²) in [5.74, 6) is 0. The number of unbranched alkanes of at least 4 members (excludes halogenated alkanes) is 1. The van der Waals surface area contributed by atoms with E-state index in [0.717, 1.165) is 20.6 Å². The highest BCUT2D eigenvalue weighted by Crippen LogP contribution is 2.35. The van der Waals surface area contributed by atoms with E-state index < -0.39 is 6.10 Å². The number of aliphatic hydroxyl groups is 1. The predicted octanol–water partition coefficient (Wildman–Crippen LogP) is 4.93. The van der Waals surface area contributed by atoms with E-state index in [1.807, 2.05) is 30.3 Å². The molecule has 96 valence electrons. The standard InChI is InChI=1S/C15H17BrOS/c1-2-3-7-12-10-13(18-15(12)16)14(17)11-8-5-4-6-9-11/h4-6,8-10,14,17H,2-3,7H2,1H3. The quantitative estimate of drug-likeness (QED) is 0.826. The molecule has 0 aliphatic heterocycles. The van der Waals surface area contributed by atoms with Crippen LogP contribution in [0.1, 0.15) is 41.9 Å². The summed E-state index contributed by atoms with van der Waals surface area (Å²) in [6, 6.07) is 11.9. The molecular formula is C15H17BrOS. The Kier molecular flexibility index (Phi) is 4.98. The fourth-order valence-electron chi connectivity index (χ4n) is 1.90. The number of rotatable bonds is 5. The summed E-state index contributed by atoms with van der Waals surface area (Å²) in [4.78, 5) is 1.01. The minimum atomic E-state index is -0.511. The Bertz CT molecular complexity index is 492. The second-order valence-corrected chi connectivity index (χ2v) is 6.77. The molecule has 1 aromatic carbocycles. The SMILES string of the molecule is CCCCc1cc(C(O)c2ccccc2)sc1Br. The summed E-state index contributed by atoms with van der Waals surface area (Å²) in [7, 11) is 0. The van der Waals surface area contributed by atoms with Crippen LogP contribution in [0.3, 0.4) is 0 Å². The van der Waals surface area contributed by atoms with Gasteiger partial charge in [-0.3, -0.25) is 0 Å². The van der Waals surface area contributed by atoms with Gasteiger partial charge in [0.1, 0.15) is 6.10 Å². The van der Waals surface area contributed by atoms with E-state index in [0.29, 0.717) is 0 Å². The zero-order chi connectivity index (χ0) is 13.0. The molecule has 1 nitrogen and oxygen atoms in total. The Morgan fingerprint density at radius 2 is 2.00 bits per heavy atom. The predicted molar refractivity (Wildman–Crippen MR) is 81.1 cm³/mol. The van der Waals surface area contributed by atoms with Gasteiger partial charge in [-0.05, 0) is 46.0 Å². The molecule has 2 rings (SSSR count). The maximum Gasteiger partial charge on any atom is 0.113 e. The van der Waals surface area contributed by atoms with Crippen LogP contribution in [0.15, 0.2) is 40.2 Å². The molecular weight excluding hydrogens is 308 g/mol. The topological polar surface area (TPSA) is 20.2 Å². The van der Waals surface area contributed by atoms with Gasteiger partial charge in [-0.15, -0.1) is 11.3 Å². The highest BCUT2D eigenvalue weighted by atomic mass is 79.9. The van der Waals surface area contributed by atoms with Gasteiger partial charge in [0.2, 0.25) is 0 Å². The van der Waals surface area contributed by atoms with Crippen LogP contribution in [0.25, 0.3) is 0 Å². The second kappa shape index (κ2) is 6.50. The summed E-state index contributed by atoms with van der Waals surface area (Å²) in [5.41, 5.74) is 2.26. The zero-order valence-corrected chi connectivity index (χ0v) is 12.8. The van der Waals surface area contributed by atoms with Gasteiger partial charge in [0.05, 0.1) is 3.79 Å². The number of aliphatic hydroxyl groups excluding tert-OH is 1. The van der Waals surface area contributed by atoms with Gasteiger partial charge >= 0.3 is 0 Å². The van der Waals surface area contributed by atoms with Crippen molar-refractivity contribution in [3.63, 3.8) is 0 Å². The normalized spacial score (nSPS) is 12.6. The highest BCUT2D eigenvalue weighted by Gasteiger charge is 2.15. The van der Waals surface area contributed by atoms with Crippen LogP contribution in [-0.4, -0.2) is 5.11 Å². The molecule has 3 heteroatoms. The maximum absolute atomic E-state index is 10.3. The van der Waals surface area contributed by atoms with Crippen molar-refractivity contribution in [2.75, 3.05) is 0 Å². The third kappa shape index (κ3) is 3.22. The number of aryl methyl sites for hydroxylation is 1. The van der Waals surface area contributed by atoms with Crippen LogP contribution in [0.5, 0.6) is 0 Å². The van der Waals surface area contributed by atoms with Crippen LogP contribution in [0.4, 0.5) is 0 Å². The van der Waals surface area contributed by atoms with Gasteiger partial charge in [0, 0.05) is 4.88 Å². The zero-order valence-electron chi connectivity index (χ0n) is 10.4. The Balaban J connectivity index is 2.18. The Morgan fingerprint density at radius 1 is 1.28 bits per heavy atom. The largest absolute Gasteiger partial charge is 0.383 e. The summed E-state index contributed by atoms with van der Waals surface area (Å²) in [5, 5.41) is 10.3. The molecule has 1 unspecified atom stereocenters. The van der Waals surface area contributed by atoms with E-state index >= 15 is 0 Å². The smallest absolute Gasteiger partial charge is 0.113 e. The average molecular weight is 325 g/mol. The van der Waals surface area contributed by atoms with E-state index in [-0.39, 0.29) is 0 Å². The summed E-state index contributed by atoms with van der Waals surface area (Å²) in [6.07, 6.45) is 2.95. The average Bonchev–Trinajstić information content (AvgIpc) is 2.78. The van der Waals surface area contributed by atoms with E-state index in [1.165, 1.54) is 18.4 Å². The monoisotopic (exact) mass is 324 g/mol. The lowest BCUT2D eigenvalue weighted by Crippen LogP contribution is -1.96. The Morgan fingerprint density at radius 3 is 2.67 bits per heavy atom. The van der Waals surface area contributed by atoms with Crippen molar-refractivity contribution in [3.05, 3.63) is 56.2 Å². The van der Waals surface area contributed by atoms with Crippen molar-refractivity contribution >= 4 is 27.3 Å². The molecule has 1 heterocycles. The van der Waals surface area contributed by atoms with Crippen molar-refractivity contribution in [2.24, 2.45) is 0 Å². The highest BCUT2D eigenvalue weighted by molar-refractivity contribution is 9.11. The lowest BCUT2D eigenvalue weighted by molar-refractivity contribution is 0.224. The maximum atomic E-state index is 10.3. The first-order chi connectivity index (χ1) is 8.72. The van der Waals surface area contributed by atoms with Crippen LogP contribution >= 0.6 is 27.3 Å². The number of benzene rings is 1. The molecule has 0 radical (unpaired) electrons. The van der Waals surface area contributed by atoms with Gasteiger partial charge in [-0.2, -0.15) is 0 Å². The molecule has 2 aromatic rings. The van der Waals surface area contributed by atoms with Crippen LogP contribution in [0, 0.1) is 0 Å². The fraction of sp³-hybridized carbons (Fsp3) is 0.333. The van der Waals surface area contributed by atoms with Gasteiger partial charge < -0.3 is 5.11 Å². The molecule has 0 saturated carbocycles. The van der Waals surface area contributed by atoms with Crippen molar-refractivity contribution < 1.29 is 5.11 Å². The van der Waals surface area contributed by atoms with Crippen molar-refractivity contribution in [1.29, 1.82) is 0 Å². The van der Waals surface area contributed by atoms with Gasteiger partial charge in [0.15, 0.2) is 0 Å². The molecule has 1 atom stereocenters. The fourth-order valence-corrected chi connectivity index (χ4v) is 3.72. The molecule has 0 aliphatic rings.